The number of fused-ring (bicyclic) bond motifs is 2. The number of hydrogen-bond donors (Lipinski definition) is 1. The van der Waals surface area contributed by atoms with Crippen molar-refractivity contribution in [3.8, 4) is 0 Å². The second-order valence-corrected chi connectivity index (χ2v) is 5.59. The summed E-state index contributed by atoms with van der Waals surface area (Å²) in [5, 5.41) is 10.5. The van der Waals surface area contributed by atoms with Crippen LogP contribution in [0.4, 0.5) is 0 Å². The van der Waals surface area contributed by atoms with E-state index < -0.39 is 5.60 Å². The first kappa shape index (κ1) is 10.4. The van der Waals surface area contributed by atoms with Gasteiger partial charge in [-0.15, -0.1) is 0 Å². The summed E-state index contributed by atoms with van der Waals surface area (Å²) < 4.78 is 5.41. The number of hydrogen-bond acceptors (Lipinski definition) is 2. The molecule has 14 heavy (non-hydrogen) atoms. The van der Waals surface area contributed by atoms with Gasteiger partial charge in [0.2, 0.25) is 0 Å². The summed E-state index contributed by atoms with van der Waals surface area (Å²) in [4.78, 5) is 0. The molecule has 3 aliphatic rings. The van der Waals surface area contributed by atoms with Crippen LogP contribution in [0.5, 0.6) is 0 Å². The highest BCUT2D eigenvalue weighted by atomic mass is 16.5. The second kappa shape index (κ2) is 3.21. The van der Waals surface area contributed by atoms with Gasteiger partial charge in [0.05, 0.1) is 12.2 Å². The fourth-order valence-electron chi connectivity index (χ4n) is 3.47. The van der Waals surface area contributed by atoms with Crippen molar-refractivity contribution in [2.75, 3.05) is 13.2 Å². The molecule has 2 heteroatoms. The average Bonchev–Trinajstić information content (AvgIpc) is 2.14. The van der Waals surface area contributed by atoms with Crippen molar-refractivity contribution in [1.82, 2.24) is 0 Å². The topological polar surface area (TPSA) is 29.5 Å². The Morgan fingerprint density at radius 2 is 2.14 bits per heavy atom. The monoisotopic (exact) mass is 198 g/mol. The SMILES string of the molecule is CCOCC1(O)CCC2CC1C2(C)C. The third-order valence-corrected chi connectivity index (χ3v) is 4.60. The molecule has 0 aromatic rings. The minimum Gasteiger partial charge on any atom is -0.387 e. The van der Waals surface area contributed by atoms with E-state index in [0.29, 0.717) is 24.5 Å². The van der Waals surface area contributed by atoms with Crippen LogP contribution in [0.25, 0.3) is 0 Å². The van der Waals surface area contributed by atoms with Crippen LogP contribution in [0.15, 0.2) is 0 Å². The molecule has 3 aliphatic carbocycles. The summed E-state index contributed by atoms with van der Waals surface area (Å²) in [6.45, 7) is 7.81. The predicted octanol–water partition coefficient (Wildman–Crippen LogP) is 2.21. The van der Waals surface area contributed by atoms with Gasteiger partial charge in [-0.2, -0.15) is 0 Å². The molecule has 1 N–H and O–H groups in total. The molecular formula is C12H22O2. The average molecular weight is 198 g/mol. The quantitative estimate of drug-likeness (QED) is 0.753. The van der Waals surface area contributed by atoms with Crippen molar-refractivity contribution in [3.05, 3.63) is 0 Å². The van der Waals surface area contributed by atoms with Crippen LogP contribution in [0.1, 0.15) is 40.0 Å². The molecule has 3 saturated carbocycles. The Labute approximate surface area is 86.6 Å². The van der Waals surface area contributed by atoms with Crippen molar-refractivity contribution in [2.24, 2.45) is 17.3 Å². The Morgan fingerprint density at radius 3 is 2.64 bits per heavy atom. The molecule has 0 radical (unpaired) electrons. The molecule has 0 aromatic carbocycles. The molecule has 3 fully saturated rings. The molecule has 2 bridgehead atoms. The van der Waals surface area contributed by atoms with E-state index in [1.54, 1.807) is 0 Å². The maximum Gasteiger partial charge on any atom is 0.0913 e. The maximum atomic E-state index is 10.5. The first-order valence-corrected chi connectivity index (χ1v) is 5.81. The van der Waals surface area contributed by atoms with Crippen molar-refractivity contribution < 1.29 is 9.84 Å². The van der Waals surface area contributed by atoms with Crippen LogP contribution >= 0.6 is 0 Å². The van der Waals surface area contributed by atoms with Crippen LogP contribution < -0.4 is 0 Å². The molecule has 0 saturated heterocycles. The summed E-state index contributed by atoms with van der Waals surface area (Å²) in [5.74, 6) is 1.30. The van der Waals surface area contributed by atoms with E-state index in [-0.39, 0.29) is 0 Å². The van der Waals surface area contributed by atoms with E-state index in [9.17, 15) is 5.11 Å². The fourth-order valence-corrected chi connectivity index (χ4v) is 3.47. The molecule has 3 rings (SSSR count). The lowest BCUT2D eigenvalue weighted by Crippen LogP contribution is -2.63. The third kappa shape index (κ3) is 1.31. The van der Waals surface area contributed by atoms with Gasteiger partial charge in [-0.1, -0.05) is 13.8 Å². The van der Waals surface area contributed by atoms with E-state index in [1.807, 2.05) is 6.92 Å². The normalized spacial score (nSPS) is 44.6. The fraction of sp³-hybridized carbons (Fsp3) is 1.00. The van der Waals surface area contributed by atoms with Crippen LogP contribution in [-0.2, 0) is 4.74 Å². The maximum absolute atomic E-state index is 10.5. The predicted molar refractivity (Wildman–Crippen MR) is 56.1 cm³/mol. The summed E-state index contributed by atoms with van der Waals surface area (Å²) in [7, 11) is 0. The smallest absolute Gasteiger partial charge is 0.0913 e. The van der Waals surface area contributed by atoms with Gasteiger partial charge in [0, 0.05) is 6.61 Å². The lowest BCUT2D eigenvalue weighted by molar-refractivity contribution is -0.221. The Bertz CT molecular complexity index is 222. The van der Waals surface area contributed by atoms with Gasteiger partial charge < -0.3 is 9.84 Å². The molecule has 0 spiro atoms. The lowest BCUT2D eigenvalue weighted by Gasteiger charge is -2.63. The van der Waals surface area contributed by atoms with Crippen LogP contribution in [0, 0.1) is 17.3 Å². The van der Waals surface area contributed by atoms with Crippen LogP contribution in [-0.4, -0.2) is 23.9 Å². The van der Waals surface area contributed by atoms with Crippen molar-refractivity contribution in [1.29, 1.82) is 0 Å². The molecule has 3 unspecified atom stereocenters. The molecule has 0 heterocycles. The highest BCUT2D eigenvalue weighted by molar-refractivity contribution is 5.10. The lowest BCUT2D eigenvalue weighted by atomic mass is 9.44. The molecule has 0 aliphatic heterocycles. The van der Waals surface area contributed by atoms with Gasteiger partial charge in [0.1, 0.15) is 0 Å². The summed E-state index contributed by atoms with van der Waals surface area (Å²) >= 11 is 0. The Morgan fingerprint density at radius 1 is 1.43 bits per heavy atom. The van der Waals surface area contributed by atoms with E-state index in [1.165, 1.54) is 12.8 Å². The second-order valence-electron chi connectivity index (χ2n) is 5.59. The van der Waals surface area contributed by atoms with E-state index in [2.05, 4.69) is 13.8 Å². The highest BCUT2D eigenvalue weighted by Gasteiger charge is 2.60. The summed E-state index contributed by atoms with van der Waals surface area (Å²) in [6, 6.07) is 0. The van der Waals surface area contributed by atoms with Gasteiger partial charge in [-0.05, 0) is 43.4 Å². The Kier molecular flexibility index (Phi) is 2.39. The summed E-state index contributed by atoms with van der Waals surface area (Å²) in [5.41, 5.74) is -0.196. The van der Waals surface area contributed by atoms with Crippen LogP contribution in [0.2, 0.25) is 0 Å². The zero-order valence-corrected chi connectivity index (χ0v) is 9.55. The first-order chi connectivity index (χ1) is 6.50. The minimum absolute atomic E-state index is 0.337. The van der Waals surface area contributed by atoms with E-state index >= 15 is 0 Å². The van der Waals surface area contributed by atoms with Crippen molar-refractivity contribution in [3.63, 3.8) is 0 Å². The van der Waals surface area contributed by atoms with Crippen molar-refractivity contribution in [2.45, 2.75) is 45.6 Å². The third-order valence-electron chi connectivity index (χ3n) is 4.60. The van der Waals surface area contributed by atoms with Crippen molar-refractivity contribution >= 4 is 0 Å². The van der Waals surface area contributed by atoms with Gasteiger partial charge in [0.15, 0.2) is 0 Å². The molecule has 3 atom stereocenters. The number of rotatable bonds is 3. The van der Waals surface area contributed by atoms with Gasteiger partial charge in [0.25, 0.3) is 0 Å². The molecule has 0 amide bonds. The van der Waals surface area contributed by atoms with Crippen LogP contribution in [0.3, 0.4) is 0 Å². The van der Waals surface area contributed by atoms with Gasteiger partial charge >= 0.3 is 0 Å². The molecular weight excluding hydrogens is 176 g/mol. The molecule has 2 nitrogen and oxygen atoms in total. The van der Waals surface area contributed by atoms with E-state index in [4.69, 9.17) is 4.74 Å². The largest absolute Gasteiger partial charge is 0.387 e. The Balaban J connectivity index is 2.05. The highest BCUT2D eigenvalue weighted by Crippen LogP contribution is 2.62. The molecule has 0 aromatic heterocycles. The zero-order valence-electron chi connectivity index (χ0n) is 9.55. The van der Waals surface area contributed by atoms with E-state index in [0.717, 1.165) is 12.3 Å². The van der Waals surface area contributed by atoms with Gasteiger partial charge in [-0.3, -0.25) is 0 Å². The Hall–Kier alpha value is -0.0800. The number of aliphatic hydroxyl groups is 1. The van der Waals surface area contributed by atoms with Gasteiger partial charge in [-0.25, -0.2) is 0 Å². The molecule has 82 valence electrons. The first-order valence-electron chi connectivity index (χ1n) is 5.81. The standard InChI is InChI=1S/C12H22O2/c1-4-14-8-12(13)6-5-9-7-10(12)11(9,2)3/h9-10,13H,4-8H2,1-3H3. The summed E-state index contributed by atoms with van der Waals surface area (Å²) in [6.07, 6.45) is 3.31. The zero-order chi connectivity index (χ0) is 10.4. The minimum atomic E-state index is -0.533. The number of ether oxygens (including phenoxy) is 1.